The number of aromatic nitrogens is 2. The standard InChI is InChI=1S/C11H17N3O5S/c1-2-19-11(16)9-6-12-13-10(9)20(17,18)14-5-3-4-8(15)7-14/h6,8,15H,2-5,7H2,1H3,(H,12,13). The van der Waals surface area contributed by atoms with Gasteiger partial charge < -0.3 is 9.84 Å². The minimum Gasteiger partial charge on any atom is -0.462 e. The molecule has 2 rings (SSSR count). The number of nitrogens with zero attached hydrogens (tertiary/aromatic N) is 2. The Hall–Kier alpha value is -1.45. The van der Waals surface area contributed by atoms with E-state index in [-0.39, 0.29) is 23.7 Å². The Morgan fingerprint density at radius 2 is 2.40 bits per heavy atom. The second kappa shape index (κ2) is 5.90. The molecule has 1 atom stereocenters. The van der Waals surface area contributed by atoms with Crippen LogP contribution in [0, 0.1) is 0 Å². The summed E-state index contributed by atoms with van der Waals surface area (Å²) in [5.74, 6) is -0.739. The number of hydrogen-bond acceptors (Lipinski definition) is 6. The molecule has 112 valence electrons. The van der Waals surface area contributed by atoms with E-state index in [1.807, 2.05) is 0 Å². The van der Waals surface area contributed by atoms with E-state index in [1.165, 1.54) is 0 Å². The van der Waals surface area contributed by atoms with Gasteiger partial charge in [0.25, 0.3) is 10.0 Å². The van der Waals surface area contributed by atoms with Crippen LogP contribution in [0.3, 0.4) is 0 Å². The van der Waals surface area contributed by atoms with Crippen molar-refractivity contribution in [1.29, 1.82) is 0 Å². The first kappa shape index (κ1) is 14.9. The van der Waals surface area contributed by atoms with Crippen LogP contribution < -0.4 is 0 Å². The first-order chi connectivity index (χ1) is 9.46. The highest BCUT2D eigenvalue weighted by Gasteiger charge is 2.34. The lowest BCUT2D eigenvalue weighted by Gasteiger charge is -2.28. The van der Waals surface area contributed by atoms with Crippen LogP contribution >= 0.6 is 0 Å². The molecule has 0 spiro atoms. The molecule has 0 aromatic carbocycles. The molecule has 1 aliphatic heterocycles. The number of aliphatic hydroxyl groups is 1. The fraction of sp³-hybridized carbons (Fsp3) is 0.636. The number of aromatic amines is 1. The van der Waals surface area contributed by atoms with Gasteiger partial charge in [-0.1, -0.05) is 0 Å². The molecule has 8 nitrogen and oxygen atoms in total. The second-order valence-corrected chi connectivity index (χ2v) is 6.37. The summed E-state index contributed by atoms with van der Waals surface area (Å²) in [6.07, 6.45) is 1.58. The zero-order valence-corrected chi connectivity index (χ0v) is 11.9. The zero-order chi connectivity index (χ0) is 14.8. The fourth-order valence-electron chi connectivity index (χ4n) is 2.09. The molecule has 1 unspecified atom stereocenters. The van der Waals surface area contributed by atoms with Gasteiger partial charge >= 0.3 is 5.97 Å². The quantitative estimate of drug-likeness (QED) is 0.741. The summed E-state index contributed by atoms with van der Waals surface area (Å²) in [6.45, 7) is 2.10. The third-order valence-corrected chi connectivity index (χ3v) is 4.90. The van der Waals surface area contributed by atoms with Gasteiger partial charge in [-0.2, -0.15) is 9.40 Å². The molecule has 20 heavy (non-hydrogen) atoms. The van der Waals surface area contributed by atoms with Gasteiger partial charge in [0.2, 0.25) is 0 Å². The van der Waals surface area contributed by atoms with Crippen LogP contribution in [0.5, 0.6) is 0 Å². The van der Waals surface area contributed by atoms with Crippen LogP contribution in [0.4, 0.5) is 0 Å². The molecule has 1 aliphatic rings. The SMILES string of the molecule is CCOC(=O)c1cn[nH]c1S(=O)(=O)N1CCCC(O)C1. The minimum absolute atomic E-state index is 0.0175. The van der Waals surface area contributed by atoms with Crippen molar-refractivity contribution >= 4 is 16.0 Å². The number of hydrogen-bond donors (Lipinski definition) is 2. The van der Waals surface area contributed by atoms with Crippen LogP contribution in [-0.2, 0) is 14.8 Å². The highest BCUT2D eigenvalue weighted by atomic mass is 32.2. The van der Waals surface area contributed by atoms with Crippen molar-refractivity contribution in [2.45, 2.75) is 30.9 Å². The van der Waals surface area contributed by atoms with Crippen LogP contribution in [0.15, 0.2) is 11.2 Å². The molecular weight excluding hydrogens is 286 g/mol. The zero-order valence-electron chi connectivity index (χ0n) is 11.1. The second-order valence-electron chi connectivity index (χ2n) is 4.49. The minimum atomic E-state index is -3.89. The van der Waals surface area contributed by atoms with Crippen molar-refractivity contribution in [3.8, 4) is 0 Å². The number of carbonyl (C=O) groups is 1. The van der Waals surface area contributed by atoms with Gasteiger partial charge in [0.1, 0.15) is 5.56 Å². The molecule has 1 aromatic heterocycles. The number of ether oxygens (including phenoxy) is 1. The maximum Gasteiger partial charge on any atom is 0.342 e. The van der Waals surface area contributed by atoms with E-state index in [1.54, 1.807) is 6.92 Å². The predicted octanol–water partition coefficient (Wildman–Crippen LogP) is -0.268. The molecule has 9 heteroatoms. The van der Waals surface area contributed by atoms with E-state index in [2.05, 4.69) is 10.2 Å². The molecule has 0 amide bonds. The van der Waals surface area contributed by atoms with Crippen molar-refractivity contribution in [2.24, 2.45) is 0 Å². The van der Waals surface area contributed by atoms with E-state index in [0.717, 1.165) is 10.5 Å². The molecule has 2 heterocycles. The summed E-state index contributed by atoms with van der Waals surface area (Å²) in [5, 5.41) is 15.2. The summed E-state index contributed by atoms with van der Waals surface area (Å²) in [4.78, 5) is 11.7. The summed E-state index contributed by atoms with van der Waals surface area (Å²) in [7, 11) is -3.89. The lowest BCUT2D eigenvalue weighted by molar-refractivity contribution is 0.0521. The van der Waals surface area contributed by atoms with E-state index < -0.39 is 22.1 Å². The molecule has 0 saturated carbocycles. The Morgan fingerprint density at radius 3 is 3.05 bits per heavy atom. The Bertz CT molecular complexity index is 583. The summed E-state index contributed by atoms with van der Waals surface area (Å²) in [6, 6.07) is 0. The van der Waals surface area contributed by atoms with Crippen LogP contribution in [0.25, 0.3) is 0 Å². The summed E-state index contributed by atoms with van der Waals surface area (Å²) in [5.41, 5.74) is -0.119. The number of rotatable bonds is 4. The fourth-order valence-corrected chi connectivity index (χ4v) is 3.67. The average molecular weight is 303 g/mol. The molecule has 0 radical (unpaired) electrons. The molecule has 0 bridgehead atoms. The topological polar surface area (TPSA) is 113 Å². The Labute approximate surface area is 116 Å². The average Bonchev–Trinajstić information content (AvgIpc) is 2.89. The molecule has 0 aliphatic carbocycles. The summed E-state index contributed by atoms with van der Waals surface area (Å²) >= 11 is 0. The first-order valence-corrected chi connectivity index (χ1v) is 7.79. The van der Waals surface area contributed by atoms with Gasteiger partial charge in [0, 0.05) is 13.1 Å². The maximum absolute atomic E-state index is 12.5. The molecular formula is C11H17N3O5S. The number of carbonyl (C=O) groups excluding carboxylic acids is 1. The molecule has 1 aromatic rings. The van der Waals surface area contributed by atoms with Gasteiger partial charge in [-0.15, -0.1) is 0 Å². The lowest BCUT2D eigenvalue weighted by atomic mass is 10.1. The van der Waals surface area contributed by atoms with Gasteiger partial charge in [-0.3, -0.25) is 5.10 Å². The number of esters is 1. The van der Waals surface area contributed by atoms with Crippen molar-refractivity contribution in [1.82, 2.24) is 14.5 Å². The first-order valence-electron chi connectivity index (χ1n) is 6.35. The predicted molar refractivity (Wildman–Crippen MR) is 68.5 cm³/mol. The Balaban J connectivity index is 2.30. The highest BCUT2D eigenvalue weighted by molar-refractivity contribution is 7.89. The van der Waals surface area contributed by atoms with Crippen molar-refractivity contribution in [3.05, 3.63) is 11.8 Å². The van der Waals surface area contributed by atoms with Crippen molar-refractivity contribution in [2.75, 3.05) is 19.7 Å². The van der Waals surface area contributed by atoms with Gasteiger partial charge in [0.05, 0.1) is 18.9 Å². The van der Waals surface area contributed by atoms with Crippen molar-refractivity contribution < 1.29 is 23.1 Å². The van der Waals surface area contributed by atoms with Crippen LogP contribution in [-0.4, -0.2) is 59.8 Å². The van der Waals surface area contributed by atoms with Crippen molar-refractivity contribution in [3.63, 3.8) is 0 Å². The molecule has 2 N–H and O–H groups in total. The Morgan fingerprint density at radius 1 is 1.65 bits per heavy atom. The number of nitrogens with one attached hydrogen (secondary N) is 1. The number of H-pyrrole nitrogens is 1. The number of β-amino-alcohol motifs (C(OH)–C–C–N with tert-alkyl or cyclic N) is 1. The van der Waals surface area contributed by atoms with Crippen LogP contribution in [0.1, 0.15) is 30.1 Å². The molecule has 1 fully saturated rings. The monoisotopic (exact) mass is 303 g/mol. The number of piperidine rings is 1. The normalized spacial score (nSPS) is 20.8. The van der Waals surface area contributed by atoms with E-state index in [0.29, 0.717) is 19.4 Å². The molecule has 1 saturated heterocycles. The Kier molecular flexibility index (Phi) is 4.41. The third-order valence-electron chi connectivity index (χ3n) is 3.06. The van der Waals surface area contributed by atoms with E-state index >= 15 is 0 Å². The van der Waals surface area contributed by atoms with E-state index in [9.17, 15) is 18.3 Å². The van der Waals surface area contributed by atoms with E-state index in [4.69, 9.17) is 4.74 Å². The van der Waals surface area contributed by atoms with Gasteiger partial charge in [0.15, 0.2) is 5.03 Å². The van der Waals surface area contributed by atoms with Gasteiger partial charge in [-0.25, -0.2) is 13.2 Å². The largest absolute Gasteiger partial charge is 0.462 e. The lowest BCUT2D eigenvalue weighted by Crippen LogP contribution is -2.42. The number of aliphatic hydroxyl groups excluding tert-OH is 1. The smallest absolute Gasteiger partial charge is 0.342 e. The third kappa shape index (κ3) is 2.84. The number of sulfonamides is 1. The van der Waals surface area contributed by atoms with Crippen LogP contribution in [0.2, 0.25) is 0 Å². The highest BCUT2D eigenvalue weighted by Crippen LogP contribution is 2.22. The summed E-state index contributed by atoms with van der Waals surface area (Å²) < 4.78 is 30.9. The maximum atomic E-state index is 12.5. The van der Waals surface area contributed by atoms with Gasteiger partial charge in [-0.05, 0) is 19.8 Å².